The molecule has 3 aromatic rings. The fourth-order valence-corrected chi connectivity index (χ4v) is 4.61. The van der Waals surface area contributed by atoms with Crippen LogP contribution in [0.25, 0.3) is 10.2 Å². The topological polar surface area (TPSA) is 108 Å². The minimum absolute atomic E-state index is 0.122. The second-order valence-electron chi connectivity index (χ2n) is 7.10. The number of ether oxygens (including phenoxy) is 3. The summed E-state index contributed by atoms with van der Waals surface area (Å²) in [5, 5.41) is 11.7. The smallest absolute Gasteiger partial charge is 0.293 e. The highest BCUT2D eigenvalue weighted by Crippen LogP contribution is 2.33. The molecule has 1 saturated heterocycles. The molecule has 0 bridgehead atoms. The van der Waals surface area contributed by atoms with Crippen molar-refractivity contribution in [2.45, 2.75) is 0 Å². The van der Waals surface area contributed by atoms with Crippen molar-refractivity contribution in [1.29, 1.82) is 0 Å². The Morgan fingerprint density at radius 1 is 1.16 bits per heavy atom. The van der Waals surface area contributed by atoms with Gasteiger partial charge in [-0.2, -0.15) is 4.99 Å². The number of carbonyl (C=O) groups is 1. The lowest BCUT2D eigenvalue weighted by molar-refractivity contribution is -0.384. The number of aryl methyl sites for hydroxylation is 1. The van der Waals surface area contributed by atoms with Crippen molar-refractivity contribution in [2.75, 3.05) is 45.4 Å². The predicted octanol–water partition coefficient (Wildman–Crippen LogP) is 2.74. The van der Waals surface area contributed by atoms with E-state index in [1.165, 1.54) is 17.4 Å². The lowest BCUT2D eigenvalue weighted by Crippen LogP contribution is -2.36. The van der Waals surface area contributed by atoms with E-state index in [9.17, 15) is 14.9 Å². The van der Waals surface area contributed by atoms with E-state index >= 15 is 0 Å². The number of anilines is 1. The predicted molar refractivity (Wildman–Crippen MR) is 120 cm³/mol. The number of carbonyl (C=O) groups excluding carboxylic acids is 1. The van der Waals surface area contributed by atoms with Crippen molar-refractivity contribution in [3.63, 3.8) is 0 Å². The number of thiazole rings is 1. The molecular weight excluding hydrogens is 436 g/mol. The van der Waals surface area contributed by atoms with E-state index in [2.05, 4.69) is 4.99 Å². The number of fused-ring (bicyclic) bond motifs is 1. The van der Waals surface area contributed by atoms with Gasteiger partial charge in [-0.1, -0.05) is 11.3 Å². The SMILES string of the molecule is COc1cc2sc(=NC(=O)c3ccc(N4CCOCC4)c([N+](=O)[O-])c3)n(C)c2cc1OC. The van der Waals surface area contributed by atoms with E-state index in [0.29, 0.717) is 48.3 Å². The summed E-state index contributed by atoms with van der Waals surface area (Å²) in [6, 6.07) is 8.10. The van der Waals surface area contributed by atoms with Crippen molar-refractivity contribution >= 4 is 38.8 Å². The zero-order valence-corrected chi connectivity index (χ0v) is 18.7. The molecule has 11 heteroatoms. The van der Waals surface area contributed by atoms with Gasteiger partial charge in [0.05, 0.1) is 42.6 Å². The van der Waals surface area contributed by atoms with Crippen LogP contribution in [0, 0.1) is 10.1 Å². The molecule has 0 unspecified atom stereocenters. The van der Waals surface area contributed by atoms with Gasteiger partial charge >= 0.3 is 0 Å². The molecule has 1 aromatic heterocycles. The number of hydrogen-bond acceptors (Lipinski definition) is 8. The van der Waals surface area contributed by atoms with Crippen LogP contribution in [0.3, 0.4) is 0 Å². The number of hydrogen-bond donors (Lipinski definition) is 0. The molecule has 168 valence electrons. The maximum absolute atomic E-state index is 12.9. The molecule has 0 N–H and O–H groups in total. The van der Waals surface area contributed by atoms with Gasteiger partial charge in [-0.3, -0.25) is 14.9 Å². The van der Waals surface area contributed by atoms with Crippen molar-refractivity contribution in [3.8, 4) is 11.5 Å². The molecule has 0 radical (unpaired) electrons. The minimum Gasteiger partial charge on any atom is -0.493 e. The Hall–Kier alpha value is -3.44. The van der Waals surface area contributed by atoms with Gasteiger partial charge in [-0.15, -0.1) is 0 Å². The summed E-state index contributed by atoms with van der Waals surface area (Å²) in [4.78, 5) is 30.6. The molecule has 0 spiro atoms. The van der Waals surface area contributed by atoms with E-state index in [-0.39, 0.29) is 11.3 Å². The fourth-order valence-electron chi connectivity index (χ4n) is 3.59. The molecule has 1 aliphatic rings. The first-order valence-electron chi connectivity index (χ1n) is 9.84. The number of rotatable bonds is 5. The van der Waals surface area contributed by atoms with E-state index in [1.807, 2.05) is 17.0 Å². The molecule has 4 rings (SSSR count). The lowest BCUT2D eigenvalue weighted by atomic mass is 10.1. The first-order valence-corrected chi connectivity index (χ1v) is 10.7. The van der Waals surface area contributed by atoms with Gasteiger partial charge in [0.2, 0.25) is 0 Å². The zero-order chi connectivity index (χ0) is 22.8. The minimum atomic E-state index is -0.553. The number of morpholine rings is 1. The molecule has 0 atom stereocenters. The average Bonchev–Trinajstić information content (AvgIpc) is 3.12. The maximum atomic E-state index is 12.9. The number of nitro groups is 1. The first-order chi connectivity index (χ1) is 15.4. The van der Waals surface area contributed by atoms with E-state index in [1.54, 1.807) is 38.0 Å². The van der Waals surface area contributed by atoms with Crippen LogP contribution in [0.5, 0.6) is 11.5 Å². The highest BCUT2D eigenvalue weighted by molar-refractivity contribution is 7.16. The Balaban J connectivity index is 1.73. The molecule has 2 heterocycles. The van der Waals surface area contributed by atoms with Crippen LogP contribution in [0.1, 0.15) is 10.4 Å². The van der Waals surface area contributed by atoms with Gasteiger partial charge in [0.15, 0.2) is 16.3 Å². The van der Waals surface area contributed by atoms with Crippen LogP contribution < -0.4 is 19.2 Å². The summed E-state index contributed by atoms with van der Waals surface area (Å²) >= 11 is 1.32. The Labute approximate surface area is 187 Å². The summed E-state index contributed by atoms with van der Waals surface area (Å²) in [6.45, 7) is 2.13. The molecule has 1 amide bonds. The third-order valence-corrected chi connectivity index (χ3v) is 6.38. The lowest BCUT2D eigenvalue weighted by Gasteiger charge is -2.28. The third-order valence-electron chi connectivity index (χ3n) is 5.28. The van der Waals surface area contributed by atoms with Gasteiger partial charge in [0, 0.05) is 43.9 Å². The molecule has 10 nitrogen and oxygen atoms in total. The molecule has 0 saturated carbocycles. The van der Waals surface area contributed by atoms with E-state index < -0.39 is 10.8 Å². The standard InChI is InChI=1S/C21H22N4O6S/c1-23-16-11-17(29-2)18(30-3)12-19(16)32-21(23)22-20(26)13-4-5-14(15(10-13)25(27)28)24-6-8-31-9-7-24/h4-5,10-12H,6-9H2,1-3H3. The quantitative estimate of drug-likeness (QED) is 0.427. The monoisotopic (exact) mass is 458 g/mol. The second kappa shape index (κ2) is 8.97. The number of nitro benzene ring substituents is 1. The first kappa shape index (κ1) is 21.8. The Kier molecular flexibility index (Phi) is 6.10. The van der Waals surface area contributed by atoms with Crippen LogP contribution in [0.15, 0.2) is 35.3 Å². The van der Waals surface area contributed by atoms with Crippen molar-refractivity contribution in [2.24, 2.45) is 12.0 Å². The van der Waals surface area contributed by atoms with Crippen molar-refractivity contribution in [3.05, 3.63) is 50.8 Å². The third kappa shape index (κ3) is 4.04. The molecule has 1 aliphatic heterocycles. The Bertz CT molecular complexity index is 1260. The highest BCUT2D eigenvalue weighted by atomic mass is 32.1. The molecular formula is C21H22N4O6S. The highest BCUT2D eigenvalue weighted by Gasteiger charge is 2.23. The number of aromatic nitrogens is 1. The largest absolute Gasteiger partial charge is 0.493 e. The zero-order valence-electron chi connectivity index (χ0n) is 17.9. The number of nitrogens with zero attached hydrogens (tertiary/aromatic N) is 4. The van der Waals surface area contributed by atoms with Crippen LogP contribution >= 0.6 is 11.3 Å². The summed E-state index contributed by atoms with van der Waals surface area (Å²) in [5.74, 6) is 0.595. The van der Waals surface area contributed by atoms with E-state index in [4.69, 9.17) is 14.2 Å². The van der Waals surface area contributed by atoms with Crippen molar-refractivity contribution in [1.82, 2.24) is 4.57 Å². The van der Waals surface area contributed by atoms with Crippen molar-refractivity contribution < 1.29 is 23.9 Å². The fraction of sp³-hybridized carbons (Fsp3) is 0.333. The van der Waals surface area contributed by atoms with Crippen LogP contribution in [-0.4, -0.2) is 55.9 Å². The Morgan fingerprint density at radius 2 is 1.84 bits per heavy atom. The van der Waals surface area contributed by atoms with Crippen LogP contribution in [-0.2, 0) is 11.8 Å². The summed E-state index contributed by atoms with van der Waals surface area (Å²) in [5.41, 5.74) is 1.33. The van der Waals surface area contributed by atoms with Gasteiger partial charge in [0.25, 0.3) is 11.6 Å². The normalized spacial score (nSPS) is 14.6. The molecule has 32 heavy (non-hydrogen) atoms. The summed E-state index contributed by atoms with van der Waals surface area (Å²) < 4.78 is 18.6. The summed E-state index contributed by atoms with van der Waals surface area (Å²) in [6.07, 6.45) is 0. The average molecular weight is 458 g/mol. The number of methoxy groups -OCH3 is 2. The maximum Gasteiger partial charge on any atom is 0.293 e. The van der Waals surface area contributed by atoms with Gasteiger partial charge in [0.1, 0.15) is 5.69 Å². The molecule has 2 aromatic carbocycles. The van der Waals surface area contributed by atoms with Gasteiger partial charge in [-0.05, 0) is 12.1 Å². The summed E-state index contributed by atoms with van der Waals surface area (Å²) in [7, 11) is 4.90. The van der Waals surface area contributed by atoms with Gasteiger partial charge in [-0.25, -0.2) is 0 Å². The van der Waals surface area contributed by atoms with E-state index in [0.717, 1.165) is 10.2 Å². The molecule has 1 fully saturated rings. The number of amides is 1. The van der Waals surface area contributed by atoms with Gasteiger partial charge < -0.3 is 23.7 Å². The van der Waals surface area contributed by atoms with Crippen LogP contribution in [0.4, 0.5) is 11.4 Å². The molecule has 0 aliphatic carbocycles. The Morgan fingerprint density at radius 3 is 2.50 bits per heavy atom. The van der Waals surface area contributed by atoms with Crippen LogP contribution in [0.2, 0.25) is 0 Å². The number of benzene rings is 2. The second-order valence-corrected chi connectivity index (χ2v) is 8.10.